The van der Waals surface area contributed by atoms with Crippen LogP contribution in [-0.2, 0) is 11.3 Å². The van der Waals surface area contributed by atoms with Crippen molar-refractivity contribution in [3.8, 4) is 0 Å². The van der Waals surface area contributed by atoms with E-state index >= 15 is 0 Å². The zero-order valence-corrected chi connectivity index (χ0v) is 13.4. The van der Waals surface area contributed by atoms with Crippen LogP contribution >= 0.6 is 0 Å². The van der Waals surface area contributed by atoms with E-state index in [-0.39, 0.29) is 18.2 Å². The molecule has 3 rings (SSSR count). The number of nitrogens with zero attached hydrogens (tertiary/aromatic N) is 2. The molecule has 0 spiro atoms. The SMILES string of the molecule is OC(COC(c1ccc(F)cc1)c1ccc(F)cc1)Cn1cccn1. The van der Waals surface area contributed by atoms with E-state index in [1.54, 1.807) is 47.4 Å². The molecule has 0 aliphatic rings. The summed E-state index contributed by atoms with van der Waals surface area (Å²) >= 11 is 0. The highest BCUT2D eigenvalue weighted by Crippen LogP contribution is 2.26. The quantitative estimate of drug-likeness (QED) is 0.715. The monoisotopic (exact) mass is 344 g/mol. The maximum atomic E-state index is 13.2. The molecule has 1 atom stereocenters. The number of aromatic nitrogens is 2. The molecule has 0 fully saturated rings. The van der Waals surface area contributed by atoms with Crippen LogP contribution in [0.1, 0.15) is 17.2 Å². The molecular weight excluding hydrogens is 326 g/mol. The molecule has 1 unspecified atom stereocenters. The first-order valence-electron chi connectivity index (χ1n) is 7.90. The van der Waals surface area contributed by atoms with Gasteiger partial charge in [0.25, 0.3) is 0 Å². The molecular formula is C19H18F2N2O2. The van der Waals surface area contributed by atoms with Crippen molar-refractivity contribution in [2.24, 2.45) is 0 Å². The molecule has 6 heteroatoms. The smallest absolute Gasteiger partial charge is 0.123 e. The zero-order valence-electron chi connectivity index (χ0n) is 13.4. The second kappa shape index (κ2) is 8.00. The molecule has 0 saturated carbocycles. The van der Waals surface area contributed by atoms with Crippen LogP contribution in [0.5, 0.6) is 0 Å². The van der Waals surface area contributed by atoms with Gasteiger partial charge in [-0.2, -0.15) is 5.10 Å². The summed E-state index contributed by atoms with van der Waals surface area (Å²) in [4.78, 5) is 0. The lowest BCUT2D eigenvalue weighted by Gasteiger charge is -2.21. The summed E-state index contributed by atoms with van der Waals surface area (Å²) in [7, 11) is 0. The van der Waals surface area contributed by atoms with E-state index in [0.717, 1.165) is 11.1 Å². The average molecular weight is 344 g/mol. The van der Waals surface area contributed by atoms with Crippen molar-refractivity contribution in [2.75, 3.05) is 6.61 Å². The summed E-state index contributed by atoms with van der Waals surface area (Å²) in [6.07, 6.45) is 2.09. The van der Waals surface area contributed by atoms with E-state index in [2.05, 4.69) is 5.10 Å². The molecule has 0 bridgehead atoms. The van der Waals surface area contributed by atoms with Crippen LogP contribution in [0.2, 0.25) is 0 Å². The predicted octanol–water partition coefficient (Wildman–Crippen LogP) is 3.33. The molecule has 3 aromatic rings. The van der Waals surface area contributed by atoms with Crippen molar-refractivity contribution < 1.29 is 18.6 Å². The van der Waals surface area contributed by atoms with Gasteiger partial charge in [0.15, 0.2) is 0 Å². The molecule has 0 saturated heterocycles. The molecule has 0 radical (unpaired) electrons. The van der Waals surface area contributed by atoms with Gasteiger partial charge in [0.1, 0.15) is 17.7 Å². The van der Waals surface area contributed by atoms with Gasteiger partial charge in [-0.15, -0.1) is 0 Å². The summed E-state index contributed by atoms with van der Waals surface area (Å²) in [6.45, 7) is 0.353. The van der Waals surface area contributed by atoms with E-state index < -0.39 is 12.2 Å². The van der Waals surface area contributed by atoms with Gasteiger partial charge in [-0.3, -0.25) is 4.68 Å². The Bertz CT molecular complexity index is 729. The molecule has 1 aromatic heterocycles. The summed E-state index contributed by atoms with van der Waals surface area (Å²) in [5.74, 6) is -0.694. The fourth-order valence-electron chi connectivity index (χ4n) is 2.54. The summed E-state index contributed by atoms with van der Waals surface area (Å²) in [5, 5.41) is 14.2. The number of benzene rings is 2. The minimum Gasteiger partial charge on any atom is -0.389 e. The highest BCUT2D eigenvalue weighted by Gasteiger charge is 2.17. The standard InChI is InChI=1S/C19H18F2N2O2/c20-16-6-2-14(3-7-16)19(15-4-8-17(21)9-5-15)25-13-18(24)12-23-11-1-10-22-23/h1-11,18-19,24H,12-13H2. The molecule has 0 aliphatic carbocycles. The first-order chi connectivity index (χ1) is 12.1. The molecule has 2 aromatic carbocycles. The number of halogens is 2. The Labute approximate surface area is 144 Å². The third-order valence-electron chi connectivity index (χ3n) is 3.76. The average Bonchev–Trinajstić information content (AvgIpc) is 3.11. The van der Waals surface area contributed by atoms with Crippen molar-refractivity contribution in [3.05, 3.63) is 89.8 Å². The largest absolute Gasteiger partial charge is 0.389 e. The van der Waals surface area contributed by atoms with Crippen LogP contribution in [0.15, 0.2) is 67.0 Å². The highest BCUT2D eigenvalue weighted by molar-refractivity contribution is 5.30. The lowest BCUT2D eigenvalue weighted by atomic mass is 10.0. The van der Waals surface area contributed by atoms with E-state index in [1.807, 2.05) is 0 Å². The number of aliphatic hydroxyl groups excluding tert-OH is 1. The van der Waals surface area contributed by atoms with Crippen molar-refractivity contribution in [3.63, 3.8) is 0 Å². The fourth-order valence-corrected chi connectivity index (χ4v) is 2.54. The second-order valence-corrected chi connectivity index (χ2v) is 5.70. The van der Waals surface area contributed by atoms with E-state index in [4.69, 9.17) is 4.74 Å². The first kappa shape index (κ1) is 17.3. The molecule has 1 heterocycles. The van der Waals surface area contributed by atoms with Crippen molar-refractivity contribution in [2.45, 2.75) is 18.8 Å². The number of rotatable bonds is 7. The topological polar surface area (TPSA) is 47.3 Å². The second-order valence-electron chi connectivity index (χ2n) is 5.70. The minimum atomic E-state index is -0.761. The Kier molecular flexibility index (Phi) is 5.53. The molecule has 4 nitrogen and oxygen atoms in total. The van der Waals surface area contributed by atoms with E-state index in [1.165, 1.54) is 24.3 Å². The van der Waals surface area contributed by atoms with Crippen molar-refractivity contribution >= 4 is 0 Å². The molecule has 1 N–H and O–H groups in total. The van der Waals surface area contributed by atoms with Crippen LogP contribution in [0.25, 0.3) is 0 Å². The summed E-state index contributed by atoms with van der Waals surface area (Å²) < 4.78 is 33.9. The molecule has 0 amide bonds. The van der Waals surface area contributed by atoms with Crippen LogP contribution in [0.4, 0.5) is 8.78 Å². The Morgan fingerprint density at radius 3 is 2.00 bits per heavy atom. The third kappa shape index (κ3) is 4.71. The molecule has 130 valence electrons. The normalized spacial score (nSPS) is 12.5. The fraction of sp³-hybridized carbons (Fsp3) is 0.211. The van der Waals surface area contributed by atoms with Gasteiger partial charge < -0.3 is 9.84 Å². The Morgan fingerprint density at radius 1 is 0.960 bits per heavy atom. The molecule has 25 heavy (non-hydrogen) atoms. The number of hydrogen-bond acceptors (Lipinski definition) is 3. The summed E-state index contributed by atoms with van der Waals surface area (Å²) in [6, 6.07) is 13.6. The van der Waals surface area contributed by atoms with Gasteiger partial charge >= 0.3 is 0 Å². The van der Waals surface area contributed by atoms with Crippen LogP contribution in [-0.4, -0.2) is 27.6 Å². The maximum absolute atomic E-state index is 13.2. The number of aliphatic hydroxyl groups is 1. The first-order valence-corrected chi connectivity index (χ1v) is 7.90. The van der Waals surface area contributed by atoms with Gasteiger partial charge in [-0.1, -0.05) is 24.3 Å². The van der Waals surface area contributed by atoms with Crippen molar-refractivity contribution in [1.82, 2.24) is 9.78 Å². The highest BCUT2D eigenvalue weighted by atomic mass is 19.1. The number of ether oxygens (including phenoxy) is 1. The maximum Gasteiger partial charge on any atom is 0.123 e. The Balaban J connectivity index is 1.74. The van der Waals surface area contributed by atoms with E-state index in [9.17, 15) is 13.9 Å². The lowest BCUT2D eigenvalue weighted by molar-refractivity contribution is -0.00193. The van der Waals surface area contributed by atoms with Crippen LogP contribution in [0.3, 0.4) is 0 Å². The van der Waals surface area contributed by atoms with Gasteiger partial charge in [-0.05, 0) is 41.5 Å². The van der Waals surface area contributed by atoms with Crippen molar-refractivity contribution in [1.29, 1.82) is 0 Å². The van der Waals surface area contributed by atoms with Gasteiger partial charge in [0.2, 0.25) is 0 Å². The van der Waals surface area contributed by atoms with Crippen LogP contribution < -0.4 is 0 Å². The Morgan fingerprint density at radius 2 is 1.52 bits per heavy atom. The zero-order chi connectivity index (χ0) is 17.6. The minimum absolute atomic E-state index is 0.0548. The summed E-state index contributed by atoms with van der Waals surface area (Å²) in [5.41, 5.74) is 1.44. The van der Waals surface area contributed by atoms with E-state index in [0.29, 0.717) is 6.54 Å². The third-order valence-corrected chi connectivity index (χ3v) is 3.76. The van der Waals surface area contributed by atoms with Crippen LogP contribution in [0, 0.1) is 11.6 Å². The predicted molar refractivity (Wildman–Crippen MR) is 88.8 cm³/mol. The molecule has 0 aliphatic heterocycles. The number of hydrogen-bond donors (Lipinski definition) is 1. The lowest BCUT2D eigenvalue weighted by Crippen LogP contribution is -2.24. The van der Waals surface area contributed by atoms with Gasteiger partial charge in [0, 0.05) is 12.4 Å². The van der Waals surface area contributed by atoms with Gasteiger partial charge in [0.05, 0.1) is 19.3 Å². The van der Waals surface area contributed by atoms with Gasteiger partial charge in [-0.25, -0.2) is 8.78 Å². The Hall–Kier alpha value is -2.57.